The highest BCUT2D eigenvalue weighted by Gasteiger charge is 2.40. The van der Waals surface area contributed by atoms with E-state index in [1.54, 1.807) is 29.2 Å². The molecule has 27 heavy (non-hydrogen) atoms. The number of rotatable bonds is 5. The van der Waals surface area contributed by atoms with Crippen LogP contribution in [0.25, 0.3) is 0 Å². The molecule has 5 heteroatoms. The first-order valence-electron chi connectivity index (χ1n) is 9.49. The number of carbonyl (C=O) groups is 2. The predicted molar refractivity (Wildman–Crippen MR) is 106 cm³/mol. The van der Waals surface area contributed by atoms with Gasteiger partial charge < -0.3 is 10.2 Å². The summed E-state index contributed by atoms with van der Waals surface area (Å²) < 4.78 is 0. The van der Waals surface area contributed by atoms with Gasteiger partial charge in [-0.25, -0.2) is 0 Å². The van der Waals surface area contributed by atoms with Gasteiger partial charge in [0.05, 0.1) is 5.92 Å². The fourth-order valence-electron chi connectivity index (χ4n) is 3.75. The van der Waals surface area contributed by atoms with Gasteiger partial charge in [-0.3, -0.25) is 9.59 Å². The molecule has 1 aliphatic heterocycles. The number of amides is 2. The van der Waals surface area contributed by atoms with Crippen molar-refractivity contribution in [1.29, 1.82) is 0 Å². The second kappa shape index (κ2) is 7.73. The van der Waals surface area contributed by atoms with E-state index in [4.69, 9.17) is 11.6 Å². The lowest BCUT2D eigenvalue weighted by Crippen LogP contribution is -2.36. The molecule has 0 spiro atoms. The van der Waals surface area contributed by atoms with Gasteiger partial charge in [0.25, 0.3) is 5.91 Å². The van der Waals surface area contributed by atoms with Crippen molar-refractivity contribution >= 4 is 23.4 Å². The van der Waals surface area contributed by atoms with Crippen molar-refractivity contribution in [3.8, 4) is 0 Å². The molecule has 2 aromatic rings. The molecule has 2 atom stereocenters. The third kappa shape index (κ3) is 4.16. The van der Waals surface area contributed by atoms with Gasteiger partial charge >= 0.3 is 0 Å². The van der Waals surface area contributed by atoms with E-state index >= 15 is 0 Å². The van der Waals surface area contributed by atoms with Gasteiger partial charge in [0, 0.05) is 36.1 Å². The zero-order valence-corrected chi connectivity index (χ0v) is 15.9. The first-order chi connectivity index (χ1) is 13.1. The molecule has 2 amide bonds. The molecule has 1 aliphatic carbocycles. The molecule has 2 unspecified atom stereocenters. The van der Waals surface area contributed by atoms with Gasteiger partial charge in [-0.2, -0.15) is 0 Å². The van der Waals surface area contributed by atoms with Crippen LogP contribution in [0, 0.1) is 11.8 Å². The molecule has 2 fully saturated rings. The van der Waals surface area contributed by atoms with Crippen molar-refractivity contribution in [2.24, 2.45) is 11.8 Å². The predicted octanol–water partition coefficient (Wildman–Crippen LogP) is 3.72. The quantitative estimate of drug-likeness (QED) is 0.856. The van der Waals surface area contributed by atoms with Gasteiger partial charge in [-0.1, -0.05) is 41.9 Å². The van der Waals surface area contributed by atoms with Crippen LogP contribution >= 0.6 is 11.6 Å². The third-order valence-electron chi connectivity index (χ3n) is 5.52. The molecule has 2 aliphatic rings. The minimum absolute atomic E-state index is 0.0154. The highest BCUT2D eigenvalue weighted by atomic mass is 35.5. The molecule has 0 aromatic heterocycles. The molecule has 1 N–H and O–H groups in total. The first kappa shape index (κ1) is 18.1. The Balaban J connectivity index is 1.53. The third-order valence-corrected chi connectivity index (χ3v) is 5.78. The van der Waals surface area contributed by atoms with Crippen LogP contribution in [0.15, 0.2) is 54.6 Å². The smallest absolute Gasteiger partial charge is 0.253 e. The summed E-state index contributed by atoms with van der Waals surface area (Å²) in [6, 6.07) is 16.9. The van der Waals surface area contributed by atoms with E-state index in [1.807, 2.05) is 30.3 Å². The number of benzene rings is 2. The van der Waals surface area contributed by atoms with E-state index in [1.165, 1.54) is 12.8 Å². The number of carbonyl (C=O) groups excluding carboxylic acids is 2. The second-order valence-electron chi connectivity index (χ2n) is 7.53. The summed E-state index contributed by atoms with van der Waals surface area (Å²) in [6.07, 6.45) is 2.41. The maximum absolute atomic E-state index is 12.9. The van der Waals surface area contributed by atoms with Crippen molar-refractivity contribution in [3.05, 3.63) is 70.7 Å². The van der Waals surface area contributed by atoms with Crippen LogP contribution in [0.2, 0.25) is 5.02 Å². The Morgan fingerprint density at radius 3 is 2.37 bits per heavy atom. The molecule has 1 saturated heterocycles. The Morgan fingerprint density at radius 1 is 1.00 bits per heavy atom. The summed E-state index contributed by atoms with van der Waals surface area (Å²) in [5.74, 6) is 0.439. The Labute approximate surface area is 164 Å². The van der Waals surface area contributed by atoms with Gasteiger partial charge in [0.1, 0.15) is 0 Å². The van der Waals surface area contributed by atoms with Gasteiger partial charge in [0.2, 0.25) is 5.91 Å². The molecule has 1 saturated carbocycles. The van der Waals surface area contributed by atoms with Crippen molar-refractivity contribution in [1.82, 2.24) is 10.2 Å². The molecule has 2 aromatic carbocycles. The number of nitrogens with one attached hydrogen (secondary N) is 1. The van der Waals surface area contributed by atoms with Gasteiger partial charge in [-0.05, 0) is 48.6 Å². The van der Waals surface area contributed by atoms with Crippen molar-refractivity contribution in [3.63, 3.8) is 0 Å². The zero-order valence-electron chi connectivity index (χ0n) is 15.1. The maximum Gasteiger partial charge on any atom is 0.253 e. The highest BCUT2D eigenvalue weighted by Crippen LogP contribution is 2.34. The average molecular weight is 383 g/mol. The standard InChI is InChI=1S/C22H23ClN2O2/c23-18-10-8-17(9-11-18)22(27)25-13-19(16-4-2-1-3-5-16)20(14-25)21(26)24-12-15-6-7-15/h1-5,8-11,15,19-20H,6-7,12-14H2,(H,24,26). The van der Waals surface area contributed by atoms with E-state index in [2.05, 4.69) is 5.32 Å². The fourth-order valence-corrected chi connectivity index (χ4v) is 3.87. The van der Waals surface area contributed by atoms with Gasteiger partial charge in [0.15, 0.2) is 0 Å². The SMILES string of the molecule is O=C(NCC1CC1)C1CN(C(=O)c2ccc(Cl)cc2)CC1c1ccccc1. The number of hydrogen-bond acceptors (Lipinski definition) is 2. The van der Waals surface area contributed by atoms with E-state index in [-0.39, 0.29) is 23.7 Å². The molecule has 0 bridgehead atoms. The zero-order chi connectivity index (χ0) is 18.8. The van der Waals surface area contributed by atoms with Crippen LogP contribution in [-0.4, -0.2) is 36.3 Å². The van der Waals surface area contributed by atoms with E-state index in [0.717, 1.165) is 12.1 Å². The summed E-state index contributed by atoms with van der Waals surface area (Å²) in [5, 5.41) is 3.70. The fraction of sp³-hybridized carbons (Fsp3) is 0.364. The van der Waals surface area contributed by atoms with Crippen molar-refractivity contribution in [2.45, 2.75) is 18.8 Å². The molecule has 4 nitrogen and oxygen atoms in total. The minimum atomic E-state index is -0.220. The largest absolute Gasteiger partial charge is 0.356 e. The monoisotopic (exact) mass is 382 g/mol. The van der Waals surface area contributed by atoms with Crippen molar-refractivity contribution in [2.75, 3.05) is 19.6 Å². The molecule has 4 rings (SSSR count). The van der Waals surface area contributed by atoms with Crippen LogP contribution in [0.5, 0.6) is 0 Å². The topological polar surface area (TPSA) is 49.4 Å². The van der Waals surface area contributed by atoms with E-state index < -0.39 is 0 Å². The normalized spacial score (nSPS) is 21.9. The average Bonchev–Trinajstić information content (AvgIpc) is 3.42. The number of hydrogen-bond donors (Lipinski definition) is 1. The Morgan fingerprint density at radius 2 is 1.70 bits per heavy atom. The lowest BCUT2D eigenvalue weighted by atomic mass is 9.88. The summed E-state index contributed by atoms with van der Waals surface area (Å²) in [7, 11) is 0. The first-order valence-corrected chi connectivity index (χ1v) is 9.87. The van der Waals surface area contributed by atoms with E-state index in [9.17, 15) is 9.59 Å². The van der Waals surface area contributed by atoms with Crippen molar-refractivity contribution < 1.29 is 9.59 Å². The van der Waals surface area contributed by atoms with Crippen LogP contribution in [0.4, 0.5) is 0 Å². The lowest BCUT2D eigenvalue weighted by molar-refractivity contribution is -0.125. The van der Waals surface area contributed by atoms with Crippen LogP contribution in [0.3, 0.4) is 0 Å². The Kier molecular flexibility index (Phi) is 5.17. The van der Waals surface area contributed by atoms with E-state index in [0.29, 0.717) is 29.6 Å². The van der Waals surface area contributed by atoms with Gasteiger partial charge in [-0.15, -0.1) is 0 Å². The van der Waals surface area contributed by atoms with Crippen LogP contribution in [0.1, 0.15) is 34.7 Å². The highest BCUT2D eigenvalue weighted by molar-refractivity contribution is 6.30. The van der Waals surface area contributed by atoms with Crippen LogP contribution < -0.4 is 5.32 Å². The summed E-state index contributed by atoms with van der Waals surface area (Å²) in [4.78, 5) is 27.6. The Bertz CT molecular complexity index is 818. The summed E-state index contributed by atoms with van der Waals surface area (Å²) in [5.41, 5.74) is 1.71. The minimum Gasteiger partial charge on any atom is -0.356 e. The molecule has 140 valence electrons. The maximum atomic E-state index is 12.9. The number of likely N-dealkylation sites (tertiary alicyclic amines) is 1. The summed E-state index contributed by atoms with van der Waals surface area (Å²) >= 11 is 5.93. The molecule has 0 radical (unpaired) electrons. The molecule has 1 heterocycles. The Hall–Kier alpha value is -2.33. The summed E-state index contributed by atoms with van der Waals surface area (Å²) in [6.45, 7) is 1.74. The second-order valence-corrected chi connectivity index (χ2v) is 7.97. The molecular weight excluding hydrogens is 360 g/mol. The number of halogens is 1. The number of nitrogens with zero attached hydrogens (tertiary/aromatic N) is 1. The van der Waals surface area contributed by atoms with Crippen LogP contribution in [-0.2, 0) is 4.79 Å². The lowest BCUT2D eigenvalue weighted by Gasteiger charge is -2.18. The molecular formula is C22H23ClN2O2.